The molecular formula is C24H31NO4. The Labute approximate surface area is 173 Å². The Morgan fingerprint density at radius 3 is 2.10 bits per heavy atom. The van der Waals surface area contributed by atoms with Crippen LogP contribution in [0.15, 0.2) is 29.8 Å². The van der Waals surface area contributed by atoms with E-state index in [1.807, 2.05) is 32.9 Å². The fourth-order valence-corrected chi connectivity index (χ4v) is 3.56. The van der Waals surface area contributed by atoms with E-state index in [1.54, 1.807) is 20.3 Å². The van der Waals surface area contributed by atoms with Crippen LogP contribution in [0.1, 0.15) is 43.9 Å². The molecule has 0 saturated carbocycles. The third kappa shape index (κ3) is 4.73. The van der Waals surface area contributed by atoms with Gasteiger partial charge in [-0.25, -0.2) is 4.79 Å². The Hall–Kier alpha value is -2.95. The number of hydrogen-bond acceptors (Lipinski definition) is 4. The lowest BCUT2D eigenvalue weighted by molar-refractivity contribution is -0.132. The summed E-state index contributed by atoms with van der Waals surface area (Å²) in [4.78, 5) is 11.5. The topological polar surface area (TPSA) is 67.8 Å². The Kier molecular flexibility index (Phi) is 7.32. The van der Waals surface area contributed by atoms with E-state index in [9.17, 15) is 9.90 Å². The van der Waals surface area contributed by atoms with Crippen molar-refractivity contribution < 1.29 is 19.4 Å². The summed E-state index contributed by atoms with van der Waals surface area (Å²) in [6.45, 7) is 9.93. The number of rotatable bonds is 8. The van der Waals surface area contributed by atoms with Crippen molar-refractivity contribution in [1.82, 2.24) is 0 Å². The van der Waals surface area contributed by atoms with Gasteiger partial charge in [-0.05, 0) is 57.9 Å². The molecule has 0 atom stereocenters. The zero-order valence-corrected chi connectivity index (χ0v) is 18.3. The first-order chi connectivity index (χ1) is 13.7. The van der Waals surface area contributed by atoms with Crippen LogP contribution < -0.4 is 14.8 Å². The standard InChI is InChI=1S/C24H31NO4/c1-8-17(24(26)27)13-20-15(4)23(29-7)21(16(5)22(20)28-6)18-9-11-19(12-10-18)25-14(2)3/h9-14,25H,8H2,1-7H3,(H,26,27)/b17-13+. The number of ether oxygens (including phenoxy) is 2. The minimum Gasteiger partial charge on any atom is -0.496 e. The molecule has 2 aromatic rings. The Bertz CT molecular complexity index is 912. The quantitative estimate of drug-likeness (QED) is 0.561. The highest BCUT2D eigenvalue weighted by Crippen LogP contribution is 2.45. The predicted molar refractivity (Wildman–Crippen MR) is 119 cm³/mol. The van der Waals surface area contributed by atoms with Gasteiger partial charge in [-0.2, -0.15) is 0 Å². The lowest BCUT2D eigenvalue weighted by Gasteiger charge is -2.21. The number of methoxy groups -OCH3 is 2. The van der Waals surface area contributed by atoms with Gasteiger partial charge in [0.15, 0.2) is 0 Å². The van der Waals surface area contributed by atoms with Crippen molar-refractivity contribution in [2.45, 2.75) is 47.1 Å². The normalized spacial score (nSPS) is 11.5. The molecular weight excluding hydrogens is 366 g/mol. The van der Waals surface area contributed by atoms with Gasteiger partial charge in [0.2, 0.25) is 0 Å². The summed E-state index contributed by atoms with van der Waals surface area (Å²) in [6.07, 6.45) is 2.11. The highest BCUT2D eigenvalue weighted by molar-refractivity contribution is 5.94. The second kappa shape index (κ2) is 9.50. The molecule has 0 spiro atoms. The number of carbonyl (C=O) groups is 1. The molecule has 156 valence electrons. The van der Waals surface area contributed by atoms with Gasteiger partial charge in [0.05, 0.1) is 14.2 Å². The predicted octanol–water partition coefficient (Wildman–Crippen LogP) is 5.69. The van der Waals surface area contributed by atoms with E-state index in [-0.39, 0.29) is 0 Å². The maximum atomic E-state index is 11.5. The number of carboxylic acid groups (broad SMARTS) is 1. The minimum atomic E-state index is -0.928. The summed E-state index contributed by atoms with van der Waals surface area (Å²) >= 11 is 0. The van der Waals surface area contributed by atoms with Crippen molar-refractivity contribution in [3.63, 3.8) is 0 Å². The molecule has 5 nitrogen and oxygen atoms in total. The molecule has 0 aliphatic rings. The van der Waals surface area contributed by atoms with Crippen molar-refractivity contribution >= 4 is 17.7 Å². The first-order valence-electron chi connectivity index (χ1n) is 9.81. The molecule has 2 aromatic carbocycles. The highest BCUT2D eigenvalue weighted by atomic mass is 16.5. The van der Waals surface area contributed by atoms with Crippen molar-refractivity contribution in [2.24, 2.45) is 0 Å². The molecule has 0 aliphatic carbocycles. The van der Waals surface area contributed by atoms with Gasteiger partial charge in [0.1, 0.15) is 11.5 Å². The molecule has 2 rings (SSSR count). The van der Waals surface area contributed by atoms with Gasteiger partial charge in [0, 0.05) is 39.6 Å². The number of carboxylic acids is 1. The number of anilines is 1. The molecule has 0 amide bonds. The fraction of sp³-hybridized carbons (Fsp3) is 0.375. The van der Waals surface area contributed by atoms with E-state index in [1.165, 1.54) is 0 Å². The van der Waals surface area contributed by atoms with Gasteiger partial charge >= 0.3 is 5.97 Å². The zero-order valence-electron chi connectivity index (χ0n) is 18.3. The van der Waals surface area contributed by atoms with Gasteiger partial charge in [-0.15, -0.1) is 0 Å². The van der Waals surface area contributed by atoms with Crippen LogP contribution in [0.25, 0.3) is 17.2 Å². The molecule has 29 heavy (non-hydrogen) atoms. The van der Waals surface area contributed by atoms with Gasteiger partial charge in [-0.3, -0.25) is 0 Å². The van der Waals surface area contributed by atoms with Crippen LogP contribution in [0, 0.1) is 13.8 Å². The molecule has 0 radical (unpaired) electrons. The molecule has 0 fully saturated rings. The van der Waals surface area contributed by atoms with Crippen LogP contribution in [-0.4, -0.2) is 31.3 Å². The second-order valence-corrected chi connectivity index (χ2v) is 7.31. The fourth-order valence-electron chi connectivity index (χ4n) is 3.56. The SMILES string of the molecule is CC/C(=C\c1c(C)c(OC)c(-c2ccc(NC(C)C)cc2)c(C)c1OC)C(=O)O. The van der Waals surface area contributed by atoms with Crippen LogP contribution >= 0.6 is 0 Å². The molecule has 0 aliphatic heterocycles. The zero-order chi connectivity index (χ0) is 21.7. The molecule has 0 saturated heterocycles. The van der Waals surface area contributed by atoms with Crippen LogP contribution in [0.5, 0.6) is 11.5 Å². The summed E-state index contributed by atoms with van der Waals surface area (Å²) in [5, 5.41) is 12.8. The van der Waals surface area contributed by atoms with Crippen LogP contribution in [0.3, 0.4) is 0 Å². The summed E-state index contributed by atoms with van der Waals surface area (Å²) in [5.74, 6) is 0.456. The lowest BCUT2D eigenvalue weighted by atomic mass is 9.91. The monoisotopic (exact) mass is 397 g/mol. The van der Waals surface area contributed by atoms with Gasteiger partial charge < -0.3 is 19.9 Å². The van der Waals surface area contributed by atoms with Gasteiger partial charge in [0.25, 0.3) is 0 Å². The van der Waals surface area contributed by atoms with Crippen molar-refractivity contribution in [3.05, 3.63) is 46.5 Å². The average molecular weight is 398 g/mol. The number of hydrogen-bond donors (Lipinski definition) is 2. The van der Waals surface area contributed by atoms with E-state index in [0.717, 1.165) is 39.3 Å². The van der Waals surface area contributed by atoms with E-state index in [2.05, 4.69) is 31.3 Å². The summed E-state index contributed by atoms with van der Waals surface area (Å²) < 4.78 is 11.5. The first kappa shape index (κ1) is 22.3. The maximum absolute atomic E-state index is 11.5. The lowest BCUT2D eigenvalue weighted by Crippen LogP contribution is -2.09. The van der Waals surface area contributed by atoms with Crippen molar-refractivity contribution in [1.29, 1.82) is 0 Å². The first-order valence-corrected chi connectivity index (χ1v) is 9.81. The largest absolute Gasteiger partial charge is 0.496 e. The van der Waals surface area contributed by atoms with E-state index >= 15 is 0 Å². The third-order valence-electron chi connectivity index (χ3n) is 4.94. The minimum absolute atomic E-state index is 0.324. The second-order valence-electron chi connectivity index (χ2n) is 7.31. The number of aliphatic carboxylic acids is 1. The highest BCUT2D eigenvalue weighted by Gasteiger charge is 2.22. The molecule has 0 bridgehead atoms. The van der Waals surface area contributed by atoms with Crippen LogP contribution in [0.2, 0.25) is 0 Å². The van der Waals surface area contributed by atoms with E-state index in [4.69, 9.17) is 9.47 Å². The molecule has 5 heteroatoms. The summed E-state index contributed by atoms with van der Waals surface area (Å²) in [7, 11) is 3.25. The van der Waals surface area contributed by atoms with Crippen LogP contribution in [-0.2, 0) is 4.79 Å². The van der Waals surface area contributed by atoms with E-state index < -0.39 is 5.97 Å². The summed E-state index contributed by atoms with van der Waals surface area (Å²) in [5.41, 5.74) is 5.83. The third-order valence-corrected chi connectivity index (χ3v) is 4.94. The number of benzene rings is 2. The molecule has 0 heterocycles. The van der Waals surface area contributed by atoms with Crippen molar-refractivity contribution in [2.75, 3.05) is 19.5 Å². The molecule has 0 aromatic heterocycles. The summed E-state index contributed by atoms with van der Waals surface area (Å²) in [6, 6.07) is 8.55. The number of nitrogens with one attached hydrogen (secondary N) is 1. The molecule has 0 unspecified atom stereocenters. The smallest absolute Gasteiger partial charge is 0.331 e. The van der Waals surface area contributed by atoms with E-state index in [0.29, 0.717) is 23.8 Å². The Morgan fingerprint density at radius 1 is 1.07 bits per heavy atom. The average Bonchev–Trinajstić information content (AvgIpc) is 2.68. The Balaban J connectivity index is 2.72. The Morgan fingerprint density at radius 2 is 1.66 bits per heavy atom. The maximum Gasteiger partial charge on any atom is 0.331 e. The van der Waals surface area contributed by atoms with Crippen LogP contribution in [0.4, 0.5) is 5.69 Å². The van der Waals surface area contributed by atoms with Crippen molar-refractivity contribution in [3.8, 4) is 22.6 Å². The molecule has 2 N–H and O–H groups in total. The van der Waals surface area contributed by atoms with Gasteiger partial charge in [-0.1, -0.05) is 19.1 Å².